The maximum Gasteiger partial charge on any atom is 0.337 e. The zero-order valence-electron chi connectivity index (χ0n) is 13.2. The van der Waals surface area contributed by atoms with Gasteiger partial charge < -0.3 is 15.4 Å². The molecule has 1 aliphatic heterocycles. The number of hydrogen-bond acceptors (Lipinski definition) is 3. The summed E-state index contributed by atoms with van der Waals surface area (Å²) in [5.74, 6) is -0.302. The Morgan fingerprint density at radius 1 is 1.33 bits per heavy atom. The number of hydrogen-bond donors (Lipinski definition) is 2. The fourth-order valence-corrected chi connectivity index (χ4v) is 2.08. The lowest BCUT2D eigenvalue weighted by Crippen LogP contribution is -2.42. The van der Waals surface area contributed by atoms with Crippen LogP contribution in [0.1, 0.15) is 40.5 Å². The van der Waals surface area contributed by atoms with Gasteiger partial charge in [-0.05, 0) is 58.8 Å². The van der Waals surface area contributed by atoms with Crippen molar-refractivity contribution in [1.82, 2.24) is 10.6 Å². The summed E-state index contributed by atoms with van der Waals surface area (Å²) in [4.78, 5) is 12.0. The summed E-state index contributed by atoms with van der Waals surface area (Å²) in [6.07, 6.45) is 6.18. The topological polar surface area (TPSA) is 50.4 Å². The molecule has 2 N–H and O–H groups in total. The van der Waals surface area contributed by atoms with Crippen LogP contribution in [0, 0.1) is 0 Å². The van der Waals surface area contributed by atoms with Gasteiger partial charge in [0.2, 0.25) is 0 Å². The molecule has 0 unspecified atom stereocenters. The Balaban J connectivity index is 2.41. The van der Waals surface area contributed by atoms with Crippen LogP contribution in [-0.2, 0) is 9.53 Å². The van der Waals surface area contributed by atoms with Crippen molar-refractivity contribution in [2.75, 3.05) is 13.2 Å². The number of nitrogens with one attached hydrogen (secondary N) is 2. The number of thiocarbonyl (C=S) groups is 1. The van der Waals surface area contributed by atoms with Gasteiger partial charge in [-0.25, -0.2) is 4.79 Å². The Morgan fingerprint density at radius 3 is 2.67 bits per heavy atom. The Hall–Kier alpha value is -1.62. The third-order valence-corrected chi connectivity index (χ3v) is 3.41. The minimum atomic E-state index is -0.302. The summed E-state index contributed by atoms with van der Waals surface area (Å²) in [6.45, 7) is 8.79. The first kappa shape index (κ1) is 17.4. The number of allylic oxidation sites excluding steroid dienone is 4. The van der Waals surface area contributed by atoms with Gasteiger partial charge in [-0.3, -0.25) is 0 Å². The lowest BCUT2D eigenvalue weighted by atomic mass is 10.1. The molecule has 0 aliphatic carbocycles. The Morgan fingerprint density at radius 2 is 2.05 bits per heavy atom. The van der Waals surface area contributed by atoms with Gasteiger partial charge in [0.15, 0.2) is 5.11 Å². The van der Waals surface area contributed by atoms with E-state index in [1.165, 1.54) is 11.1 Å². The van der Waals surface area contributed by atoms with E-state index in [2.05, 4.69) is 37.5 Å². The van der Waals surface area contributed by atoms with Gasteiger partial charge >= 0.3 is 5.97 Å². The lowest BCUT2D eigenvalue weighted by Gasteiger charge is -2.20. The van der Waals surface area contributed by atoms with E-state index in [4.69, 9.17) is 17.0 Å². The smallest absolute Gasteiger partial charge is 0.337 e. The first-order chi connectivity index (χ1) is 9.90. The normalized spacial score (nSPS) is 15.2. The van der Waals surface area contributed by atoms with Crippen molar-refractivity contribution in [1.29, 1.82) is 0 Å². The summed E-state index contributed by atoms with van der Waals surface area (Å²) < 4.78 is 5.27. The van der Waals surface area contributed by atoms with Crippen molar-refractivity contribution in [2.45, 2.75) is 40.5 Å². The van der Waals surface area contributed by atoms with Crippen molar-refractivity contribution in [3.8, 4) is 0 Å². The summed E-state index contributed by atoms with van der Waals surface area (Å²) in [5.41, 5.74) is 3.91. The molecule has 0 bridgehead atoms. The second-order valence-electron chi connectivity index (χ2n) is 5.38. The molecule has 4 nitrogen and oxygen atoms in total. The molecule has 0 fully saturated rings. The first-order valence-electron chi connectivity index (χ1n) is 7.11. The lowest BCUT2D eigenvalue weighted by molar-refractivity contribution is -0.138. The molecule has 0 atom stereocenters. The van der Waals surface area contributed by atoms with Crippen LogP contribution in [0.25, 0.3) is 0 Å². The zero-order valence-corrected chi connectivity index (χ0v) is 14.0. The molecule has 1 heterocycles. The molecule has 0 radical (unpaired) electrons. The second kappa shape index (κ2) is 8.62. The van der Waals surface area contributed by atoms with E-state index in [9.17, 15) is 4.79 Å². The average Bonchev–Trinajstić information content (AvgIpc) is 2.37. The number of carbonyl (C=O) groups excluding carboxylic acids is 1. The SMILES string of the molecule is CC(C)=CCC/C(C)=C/COC(=O)C1=C(C)NC(=S)NC1. The van der Waals surface area contributed by atoms with Gasteiger partial charge in [-0.15, -0.1) is 0 Å². The Labute approximate surface area is 132 Å². The number of carbonyl (C=O) groups is 1. The van der Waals surface area contributed by atoms with Gasteiger partial charge in [-0.1, -0.05) is 17.2 Å². The van der Waals surface area contributed by atoms with Crippen LogP contribution in [-0.4, -0.2) is 24.2 Å². The van der Waals surface area contributed by atoms with E-state index < -0.39 is 0 Å². The molecule has 0 aromatic rings. The van der Waals surface area contributed by atoms with E-state index in [1.807, 2.05) is 13.0 Å². The van der Waals surface area contributed by atoms with Crippen LogP contribution >= 0.6 is 12.2 Å². The van der Waals surface area contributed by atoms with Crippen LogP contribution in [0.3, 0.4) is 0 Å². The zero-order chi connectivity index (χ0) is 15.8. The fourth-order valence-electron chi connectivity index (χ4n) is 1.85. The maximum atomic E-state index is 12.0. The van der Waals surface area contributed by atoms with Crippen LogP contribution in [0.15, 0.2) is 34.6 Å². The highest BCUT2D eigenvalue weighted by molar-refractivity contribution is 7.80. The monoisotopic (exact) mass is 308 g/mol. The molecule has 21 heavy (non-hydrogen) atoms. The highest BCUT2D eigenvalue weighted by Gasteiger charge is 2.19. The molecule has 5 heteroatoms. The first-order valence-corrected chi connectivity index (χ1v) is 7.51. The third kappa shape index (κ3) is 6.58. The molecule has 116 valence electrons. The molecule has 0 amide bonds. The van der Waals surface area contributed by atoms with Crippen LogP contribution in [0.2, 0.25) is 0 Å². The predicted molar refractivity (Wildman–Crippen MR) is 89.8 cm³/mol. The summed E-state index contributed by atoms with van der Waals surface area (Å²) >= 11 is 4.98. The molecule has 1 rings (SSSR count). The number of esters is 1. The van der Waals surface area contributed by atoms with Crippen LogP contribution in [0.4, 0.5) is 0 Å². The number of rotatable bonds is 6. The standard InChI is InChI=1S/C16H24N2O2S/c1-11(2)6-5-7-12(3)8-9-20-15(19)14-10-17-16(21)18-13(14)4/h6,8H,5,7,9-10H2,1-4H3,(H2,17,18,21)/b12-8+. The van der Waals surface area contributed by atoms with E-state index in [0.717, 1.165) is 18.5 Å². The van der Waals surface area contributed by atoms with Gasteiger partial charge in [-0.2, -0.15) is 0 Å². The minimum Gasteiger partial charge on any atom is -0.458 e. The van der Waals surface area contributed by atoms with E-state index in [0.29, 0.717) is 23.8 Å². The summed E-state index contributed by atoms with van der Waals surface area (Å²) in [5, 5.41) is 6.39. The summed E-state index contributed by atoms with van der Waals surface area (Å²) in [6, 6.07) is 0. The van der Waals surface area contributed by atoms with Crippen molar-refractivity contribution in [3.05, 3.63) is 34.6 Å². The van der Waals surface area contributed by atoms with Crippen LogP contribution < -0.4 is 10.6 Å². The Bertz CT molecular complexity index is 500. The predicted octanol–water partition coefficient (Wildman–Crippen LogP) is 2.97. The largest absolute Gasteiger partial charge is 0.458 e. The second-order valence-corrected chi connectivity index (χ2v) is 5.79. The van der Waals surface area contributed by atoms with E-state index >= 15 is 0 Å². The molecule has 0 aromatic heterocycles. The van der Waals surface area contributed by atoms with Gasteiger partial charge in [0.25, 0.3) is 0 Å². The van der Waals surface area contributed by atoms with Crippen molar-refractivity contribution in [2.24, 2.45) is 0 Å². The van der Waals surface area contributed by atoms with Crippen molar-refractivity contribution < 1.29 is 9.53 Å². The third-order valence-electron chi connectivity index (χ3n) is 3.16. The van der Waals surface area contributed by atoms with Gasteiger partial charge in [0.05, 0.1) is 12.1 Å². The quantitative estimate of drug-likeness (QED) is 0.449. The molecular weight excluding hydrogens is 284 g/mol. The highest BCUT2D eigenvalue weighted by Crippen LogP contribution is 2.09. The van der Waals surface area contributed by atoms with Crippen molar-refractivity contribution in [3.63, 3.8) is 0 Å². The fraction of sp³-hybridized carbons (Fsp3) is 0.500. The minimum absolute atomic E-state index is 0.302. The van der Waals surface area contributed by atoms with E-state index in [-0.39, 0.29) is 5.97 Å². The highest BCUT2D eigenvalue weighted by atomic mass is 32.1. The average molecular weight is 308 g/mol. The molecular formula is C16H24N2O2S. The molecule has 1 aliphatic rings. The van der Waals surface area contributed by atoms with Gasteiger partial charge in [0.1, 0.15) is 6.61 Å². The number of ether oxygens (including phenoxy) is 1. The molecule has 0 spiro atoms. The molecule has 0 aromatic carbocycles. The van der Waals surface area contributed by atoms with E-state index in [1.54, 1.807) is 0 Å². The maximum absolute atomic E-state index is 12.0. The molecule has 0 saturated carbocycles. The van der Waals surface area contributed by atoms with Gasteiger partial charge in [0, 0.05) is 5.70 Å². The van der Waals surface area contributed by atoms with Crippen molar-refractivity contribution >= 4 is 23.3 Å². The molecule has 0 saturated heterocycles. The Kier molecular flexibility index (Phi) is 7.15. The van der Waals surface area contributed by atoms with Crippen LogP contribution in [0.5, 0.6) is 0 Å². The summed E-state index contributed by atoms with van der Waals surface area (Å²) in [7, 11) is 0.